The van der Waals surface area contributed by atoms with Crippen molar-refractivity contribution in [1.29, 1.82) is 0 Å². The van der Waals surface area contributed by atoms with E-state index in [2.05, 4.69) is 27.3 Å². The van der Waals surface area contributed by atoms with E-state index >= 15 is 0 Å². The first kappa shape index (κ1) is 15.5. The van der Waals surface area contributed by atoms with Crippen molar-refractivity contribution in [2.24, 2.45) is 0 Å². The third-order valence-electron chi connectivity index (χ3n) is 3.33. The van der Waals surface area contributed by atoms with Crippen LogP contribution in [-0.2, 0) is 12.8 Å². The number of rotatable bonds is 5. The third-order valence-corrected chi connectivity index (χ3v) is 4.40. The fourth-order valence-electron chi connectivity index (χ4n) is 2.18. The lowest BCUT2D eigenvalue weighted by atomic mass is 9.99. The van der Waals surface area contributed by atoms with E-state index in [4.69, 9.17) is 11.6 Å². The summed E-state index contributed by atoms with van der Waals surface area (Å²) in [5, 5.41) is 3.42. The fourth-order valence-corrected chi connectivity index (χ4v) is 2.82. The molecule has 0 heterocycles. The zero-order chi connectivity index (χ0) is 14.5. The molecule has 1 N–H and O–H groups in total. The predicted molar refractivity (Wildman–Crippen MR) is 85.8 cm³/mol. The van der Waals surface area contributed by atoms with Gasteiger partial charge in [0, 0.05) is 10.5 Å². The highest BCUT2D eigenvalue weighted by atomic mass is 79.9. The predicted octanol–water partition coefficient (Wildman–Crippen LogP) is 4.61. The van der Waals surface area contributed by atoms with Crippen LogP contribution < -0.4 is 5.32 Å². The van der Waals surface area contributed by atoms with E-state index in [1.165, 1.54) is 5.56 Å². The smallest absolute Gasteiger partial charge is 0.145 e. The lowest BCUT2D eigenvalue weighted by Crippen LogP contribution is -2.30. The molecule has 1 nitrogen and oxygen atoms in total. The van der Waals surface area contributed by atoms with Crippen molar-refractivity contribution in [3.63, 3.8) is 0 Å². The molecule has 0 aliphatic heterocycles. The Labute approximate surface area is 132 Å². The van der Waals surface area contributed by atoms with Gasteiger partial charge in [-0.15, -0.1) is 0 Å². The minimum absolute atomic E-state index is 0.154. The lowest BCUT2D eigenvalue weighted by Gasteiger charge is -2.18. The number of nitrogens with one attached hydrogen (secondary N) is 1. The molecular weight excluding hydrogens is 341 g/mol. The second-order valence-corrected chi connectivity index (χ2v) is 5.96. The van der Waals surface area contributed by atoms with Gasteiger partial charge in [0.2, 0.25) is 0 Å². The van der Waals surface area contributed by atoms with E-state index in [1.54, 1.807) is 18.2 Å². The van der Waals surface area contributed by atoms with Gasteiger partial charge in [-0.1, -0.05) is 57.9 Å². The third kappa shape index (κ3) is 3.81. The van der Waals surface area contributed by atoms with E-state index in [9.17, 15) is 4.39 Å². The Morgan fingerprint density at radius 3 is 2.45 bits per heavy atom. The summed E-state index contributed by atoms with van der Waals surface area (Å²) in [5.41, 5.74) is 1.85. The number of hydrogen-bond acceptors (Lipinski definition) is 1. The summed E-state index contributed by atoms with van der Waals surface area (Å²) in [6, 6.07) is 13.4. The summed E-state index contributed by atoms with van der Waals surface area (Å²) in [7, 11) is 1.89. The molecule has 1 unspecified atom stereocenters. The van der Waals surface area contributed by atoms with Crippen LogP contribution in [0, 0.1) is 5.82 Å². The van der Waals surface area contributed by atoms with Crippen molar-refractivity contribution in [2.45, 2.75) is 18.9 Å². The lowest BCUT2D eigenvalue weighted by molar-refractivity contribution is 0.532. The molecule has 20 heavy (non-hydrogen) atoms. The summed E-state index contributed by atoms with van der Waals surface area (Å²) >= 11 is 9.37. The Morgan fingerprint density at radius 1 is 1.10 bits per heavy atom. The molecule has 0 spiro atoms. The summed E-state index contributed by atoms with van der Waals surface area (Å²) in [6.45, 7) is 0. The zero-order valence-electron chi connectivity index (χ0n) is 11.2. The van der Waals surface area contributed by atoms with Crippen molar-refractivity contribution in [3.8, 4) is 0 Å². The first-order valence-electron chi connectivity index (χ1n) is 6.45. The summed E-state index contributed by atoms with van der Waals surface area (Å²) in [6.07, 6.45) is 1.42. The first-order chi connectivity index (χ1) is 9.61. The monoisotopic (exact) mass is 355 g/mol. The summed E-state index contributed by atoms with van der Waals surface area (Å²) in [5.74, 6) is -0.318. The molecule has 2 rings (SSSR count). The molecule has 0 bridgehead atoms. The Balaban J connectivity index is 2.14. The van der Waals surface area contributed by atoms with Crippen molar-refractivity contribution in [3.05, 3.63) is 68.9 Å². The molecule has 0 saturated carbocycles. The van der Waals surface area contributed by atoms with Crippen LogP contribution in [0.2, 0.25) is 5.02 Å². The number of benzene rings is 2. The molecule has 2 aromatic carbocycles. The van der Waals surface area contributed by atoms with Crippen molar-refractivity contribution < 1.29 is 4.39 Å². The van der Waals surface area contributed by atoms with Crippen LogP contribution in [0.3, 0.4) is 0 Å². The normalized spacial score (nSPS) is 12.4. The maximum absolute atomic E-state index is 13.9. The van der Waals surface area contributed by atoms with E-state index in [1.807, 2.05) is 25.2 Å². The molecule has 0 amide bonds. The van der Waals surface area contributed by atoms with Gasteiger partial charge >= 0.3 is 0 Å². The van der Waals surface area contributed by atoms with Crippen LogP contribution in [0.25, 0.3) is 0 Å². The van der Waals surface area contributed by atoms with Crippen molar-refractivity contribution in [2.75, 3.05) is 7.05 Å². The average Bonchev–Trinajstić information content (AvgIpc) is 2.45. The second kappa shape index (κ2) is 7.21. The van der Waals surface area contributed by atoms with Crippen LogP contribution in [0.15, 0.2) is 46.9 Å². The Kier molecular flexibility index (Phi) is 5.58. The first-order valence-corrected chi connectivity index (χ1v) is 7.62. The van der Waals surface area contributed by atoms with E-state index in [0.717, 1.165) is 10.9 Å². The average molecular weight is 357 g/mol. The largest absolute Gasteiger partial charge is 0.316 e. The molecule has 0 aliphatic rings. The SMILES string of the molecule is CNC(Cc1ccccc1Br)Cc1cccc(Cl)c1F. The van der Waals surface area contributed by atoms with Gasteiger partial charge in [0.15, 0.2) is 0 Å². The van der Waals surface area contributed by atoms with Gasteiger partial charge in [-0.3, -0.25) is 0 Å². The molecule has 0 saturated heterocycles. The van der Waals surface area contributed by atoms with Gasteiger partial charge in [-0.2, -0.15) is 0 Å². The second-order valence-electron chi connectivity index (χ2n) is 4.70. The Bertz CT molecular complexity index is 588. The maximum Gasteiger partial charge on any atom is 0.145 e. The van der Waals surface area contributed by atoms with E-state index < -0.39 is 0 Å². The number of hydrogen-bond donors (Lipinski definition) is 1. The van der Waals surface area contributed by atoms with Crippen molar-refractivity contribution in [1.82, 2.24) is 5.32 Å². The standard InChI is InChI=1S/C16H16BrClFN/c1-20-13(9-11-5-2-3-7-14(11)17)10-12-6-4-8-15(18)16(12)19/h2-8,13,20H,9-10H2,1H3. The molecule has 0 aromatic heterocycles. The van der Waals surface area contributed by atoms with Crippen LogP contribution in [0.1, 0.15) is 11.1 Å². The van der Waals surface area contributed by atoms with Gasteiger partial charge < -0.3 is 5.32 Å². The number of halogens is 3. The highest BCUT2D eigenvalue weighted by Crippen LogP contribution is 2.22. The quantitative estimate of drug-likeness (QED) is 0.824. The minimum Gasteiger partial charge on any atom is -0.316 e. The maximum atomic E-state index is 13.9. The topological polar surface area (TPSA) is 12.0 Å². The molecule has 1 atom stereocenters. The van der Waals surface area contributed by atoms with Gasteiger partial charge in [0.05, 0.1) is 5.02 Å². The van der Waals surface area contributed by atoms with Crippen LogP contribution in [-0.4, -0.2) is 13.1 Å². The molecule has 0 radical (unpaired) electrons. The van der Waals surface area contributed by atoms with Gasteiger partial charge in [0.1, 0.15) is 5.82 Å². The minimum atomic E-state index is -0.318. The van der Waals surface area contributed by atoms with Gasteiger partial charge in [-0.25, -0.2) is 4.39 Å². The van der Waals surface area contributed by atoms with E-state index in [-0.39, 0.29) is 16.9 Å². The molecule has 0 aliphatic carbocycles. The highest BCUT2D eigenvalue weighted by molar-refractivity contribution is 9.10. The molecule has 0 fully saturated rings. The van der Waals surface area contributed by atoms with Gasteiger partial charge in [0.25, 0.3) is 0 Å². The van der Waals surface area contributed by atoms with Crippen LogP contribution >= 0.6 is 27.5 Å². The molecule has 4 heteroatoms. The highest BCUT2D eigenvalue weighted by Gasteiger charge is 2.14. The van der Waals surface area contributed by atoms with Gasteiger partial charge in [-0.05, 0) is 43.1 Å². The fraction of sp³-hybridized carbons (Fsp3) is 0.250. The zero-order valence-corrected chi connectivity index (χ0v) is 13.5. The Hall–Kier alpha value is -0.900. The van der Waals surface area contributed by atoms with Crippen LogP contribution in [0.5, 0.6) is 0 Å². The number of likely N-dealkylation sites (N-methyl/N-ethyl adjacent to an activating group) is 1. The Morgan fingerprint density at radius 2 is 1.75 bits per heavy atom. The van der Waals surface area contributed by atoms with Crippen LogP contribution in [0.4, 0.5) is 4.39 Å². The van der Waals surface area contributed by atoms with Crippen molar-refractivity contribution >= 4 is 27.5 Å². The molecule has 2 aromatic rings. The molecule has 106 valence electrons. The van der Waals surface area contributed by atoms with E-state index in [0.29, 0.717) is 12.0 Å². The summed E-state index contributed by atoms with van der Waals surface area (Å²) in [4.78, 5) is 0. The molecular formula is C16H16BrClFN. The summed E-state index contributed by atoms with van der Waals surface area (Å²) < 4.78 is 15.0.